The molecule has 0 spiro atoms. The molecule has 2 heteroatoms. The molecular formula is C30H41NO. The Labute approximate surface area is 196 Å². The minimum absolute atomic E-state index is 0.0667. The fraction of sp³-hybridized carbons (Fsp3) is 0.567. The van der Waals surface area contributed by atoms with Gasteiger partial charge in [0, 0.05) is 0 Å². The Morgan fingerprint density at radius 1 is 0.812 bits per heavy atom. The van der Waals surface area contributed by atoms with Crippen LogP contribution in [-0.2, 0) is 0 Å². The van der Waals surface area contributed by atoms with E-state index in [0.717, 1.165) is 50.9 Å². The van der Waals surface area contributed by atoms with Crippen LogP contribution in [0.5, 0.6) is 5.75 Å². The van der Waals surface area contributed by atoms with Crippen molar-refractivity contribution in [3.05, 3.63) is 54.1 Å². The van der Waals surface area contributed by atoms with Gasteiger partial charge in [0.05, 0.1) is 18.1 Å². The summed E-state index contributed by atoms with van der Waals surface area (Å²) in [5.74, 6) is 1.54. The Morgan fingerprint density at radius 3 is 2.00 bits per heavy atom. The third-order valence-corrected chi connectivity index (χ3v) is 7.23. The minimum atomic E-state index is -0.0667. The van der Waals surface area contributed by atoms with E-state index in [1.165, 1.54) is 55.2 Å². The van der Waals surface area contributed by atoms with Crippen LogP contribution in [0.15, 0.2) is 48.5 Å². The van der Waals surface area contributed by atoms with Crippen LogP contribution in [0.3, 0.4) is 0 Å². The molecule has 2 nitrogen and oxygen atoms in total. The van der Waals surface area contributed by atoms with Crippen molar-refractivity contribution in [2.45, 2.75) is 96.8 Å². The molecule has 172 valence electrons. The van der Waals surface area contributed by atoms with Gasteiger partial charge >= 0.3 is 0 Å². The van der Waals surface area contributed by atoms with Crippen molar-refractivity contribution in [3.8, 4) is 22.9 Å². The lowest BCUT2D eigenvalue weighted by molar-refractivity contribution is 0.223. The van der Waals surface area contributed by atoms with E-state index < -0.39 is 0 Å². The van der Waals surface area contributed by atoms with Gasteiger partial charge < -0.3 is 4.74 Å². The number of ether oxygens (including phenoxy) is 1. The highest BCUT2D eigenvalue weighted by molar-refractivity contribution is 5.64. The zero-order valence-electron chi connectivity index (χ0n) is 20.2. The summed E-state index contributed by atoms with van der Waals surface area (Å²) in [6.45, 7) is 5.15. The molecule has 0 unspecified atom stereocenters. The first kappa shape index (κ1) is 24.4. The van der Waals surface area contributed by atoms with Crippen molar-refractivity contribution in [2.24, 2.45) is 5.41 Å². The summed E-state index contributed by atoms with van der Waals surface area (Å²) in [4.78, 5) is 0. The van der Waals surface area contributed by atoms with E-state index in [4.69, 9.17) is 4.74 Å². The smallest absolute Gasteiger partial charge is 0.119 e. The topological polar surface area (TPSA) is 33.0 Å². The largest absolute Gasteiger partial charge is 0.494 e. The molecule has 1 saturated carbocycles. The molecule has 32 heavy (non-hydrogen) atoms. The normalized spacial score (nSPS) is 20.6. The lowest BCUT2D eigenvalue weighted by Gasteiger charge is -2.35. The highest BCUT2D eigenvalue weighted by Crippen LogP contribution is 2.45. The van der Waals surface area contributed by atoms with Gasteiger partial charge in [-0.05, 0) is 73.3 Å². The average molecular weight is 432 g/mol. The second-order valence-electron chi connectivity index (χ2n) is 9.68. The lowest BCUT2D eigenvalue weighted by Crippen LogP contribution is -2.25. The quantitative estimate of drug-likeness (QED) is 0.314. The maximum Gasteiger partial charge on any atom is 0.119 e. The Kier molecular flexibility index (Phi) is 9.66. The van der Waals surface area contributed by atoms with Crippen LogP contribution in [-0.4, -0.2) is 6.61 Å². The van der Waals surface area contributed by atoms with Gasteiger partial charge in [0.25, 0.3) is 0 Å². The summed E-state index contributed by atoms with van der Waals surface area (Å²) in [5, 5.41) is 9.91. The first-order chi connectivity index (χ1) is 15.7. The second kappa shape index (κ2) is 12.7. The maximum absolute atomic E-state index is 9.91. The van der Waals surface area contributed by atoms with Gasteiger partial charge in [-0.2, -0.15) is 5.26 Å². The third kappa shape index (κ3) is 6.86. The van der Waals surface area contributed by atoms with Gasteiger partial charge in [0.15, 0.2) is 0 Å². The first-order valence-electron chi connectivity index (χ1n) is 12.9. The van der Waals surface area contributed by atoms with E-state index in [1.54, 1.807) is 0 Å². The van der Waals surface area contributed by atoms with Gasteiger partial charge in [0.1, 0.15) is 5.75 Å². The standard InChI is InChI=1S/C30H41NO/c1-3-5-6-7-8-9-20-30(24-31)21-18-28(19-22-30)26-12-10-25(11-13-26)27-14-16-29(17-15-27)32-23-4-2/h10-17,28H,3-9,18-23H2,1-2H3/t28-,30-. The molecule has 0 radical (unpaired) electrons. The lowest BCUT2D eigenvalue weighted by atomic mass is 9.67. The number of nitriles is 1. The van der Waals surface area contributed by atoms with E-state index in [2.05, 4.69) is 68.4 Å². The van der Waals surface area contributed by atoms with Crippen LogP contribution in [0.2, 0.25) is 0 Å². The molecule has 1 aliphatic rings. The zero-order valence-corrected chi connectivity index (χ0v) is 20.2. The molecule has 0 amide bonds. The van der Waals surface area contributed by atoms with Gasteiger partial charge in [-0.3, -0.25) is 0 Å². The first-order valence-corrected chi connectivity index (χ1v) is 12.9. The van der Waals surface area contributed by atoms with E-state index in [-0.39, 0.29) is 5.41 Å². The number of rotatable bonds is 12. The summed E-state index contributed by atoms with van der Waals surface area (Å²) in [7, 11) is 0. The molecule has 0 aliphatic heterocycles. The SMILES string of the molecule is CCCCCCCC[C@]1(C#N)CC[C@H](c2ccc(-c3ccc(OCCC)cc3)cc2)CC1. The highest BCUT2D eigenvalue weighted by atomic mass is 16.5. The van der Waals surface area contributed by atoms with E-state index in [1.807, 2.05) is 0 Å². The van der Waals surface area contributed by atoms with Crippen LogP contribution in [0.1, 0.15) is 102 Å². The summed E-state index contributed by atoms with van der Waals surface area (Å²) in [6, 6.07) is 20.2. The second-order valence-corrected chi connectivity index (χ2v) is 9.68. The zero-order chi connectivity index (χ0) is 22.7. The van der Waals surface area contributed by atoms with Crippen molar-refractivity contribution < 1.29 is 4.74 Å². The molecule has 3 rings (SSSR count). The predicted molar refractivity (Wildman–Crippen MR) is 135 cm³/mol. The van der Waals surface area contributed by atoms with Gasteiger partial charge in [-0.15, -0.1) is 0 Å². The fourth-order valence-electron chi connectivity index (χ4n) is 5.08. The molecule has 0 heterocycles. The van der Waals surface area contributed by atoms with Crippen LogP contribution >= 0.6 is 0 Å². The Hall–Kier alpha value is -2.27. The summed E-state index contributed by atoms with van der Waals surface area (Å²) >= 11 is 0. The van der Waals surface area contributed by atoms with Crippen LogP contribution in [0.4, 0.5) is 0 Å². The van der Waals surface area contributed by atoms with Crippen LogP contribution < -0.4 is 4.74 Å². The number of benzene rings is 2. The number of hydrogen-bond acceptors (Lipinski definition) is 2. The monoisotopic (exact) mass is 431 g/mol. The average Bonchev–Trinajstić information content (AvgIpc) is 2.86. The van der Waals surface area contributed by atoms with Crippen LogP contribution in [0.25, 0.3) is 11.1 Å². The number of nitrogens with zero attached hydrogens (tertiary/aromatic N) is 1. The van der Waals surface area contributed by atoms with Gasteiger partial charge in [-0.25, -0.2) is 0 Å². The van der Waals surface area contributed by atoms with Crippen molar-refractivity contribution in [2.75, 3.05) is 6.61 Å². The van der Waals surface area contributed by atoms with Crippen molar-refractivity contribution in [3.63, 3.8) is 0 Å². The molecular weight excluding hydrogens is 390 g/mol. The summed E-state index contributed by atoms with van der Waals surface area (Å²) < 4.78 is 5.69. The van der Waals surface area contributed by atoms with Crippen LogP contribution in [0, 0.1) is 16.7 Å². The molecule has 2 aromatic carbocycles. The summed E-state index contributed by atoms with van der Waals surface area (Å²) in [6.07, 6.45) is 14.4. The summed E-state index contributed by atoms with van der Waals surface area (Å²) in [5.41, 5.74) is 3.85. The van der Waals surface area contributed by atoms with Gasteiger partial charge in [0.2, 0.25) is 0 Å². The molecule has 0 N–H and O–H groups in total. The van der Waals surface area contributed by atoms with Crippen molar-refractivity contribution in [1.82, 2.24) is 0 Å². The Morgan fingerprint density at radius 2 is 1.41 bits per heavy atom. The Balaban J connectivity index is 1.50. The van der Waals surface area contributed by atoms with E-state index in [9.17, 15) is 5.26 Å². The highest BCUT2D eigenvalue weighted by Gasteiger charge is 2.35. The third-order valence-electron chi connectivity index (χ3n) is 7.23. The fourth-order valence-corrected chi connectivity index (χ4v) is 5.08. The minimum Gasteiger partial charge on any atom is -0.494 e. The molecule has 2 aromatic rings. The molecule has 0 saturated heterocycles. The number of unbranched alkanes of at least 4 members (excludes halogenated alkanes) is 5. The molecule has 0 bridgehead atoms. The van der Waals surface area contributed by atoms with E-state index >= 15 is 0 Å². The van der Waals surface area contributed by atoms with Crippen molar-refractivity contribution >= 4 is 0 Å². The maximum atomic E-state index is 9.91. The molecule has 0 atom stereocenters. The van der Waals surface area contributed by atoms with E-state index in [0.29, 0.717) is 5.92 Å². The predicted octanol–water partition coefficient (Wildman–Crippen LogP) is 9.06. The molecule has 0 aromatic heterocycles. The number of hydrogen-bond donors (Lipinski definition) is 0. The van der Waals surface area contributed by atoms with Crippen molar-refractivity contribution in [1.29, 1.82) is 5.26 Å². The molecule has 1 aliphatic carbocycles. The molecule has 1 fully saturated rings. The Bertz CT molecular complexity index is 823. The van der Waals surface area contributed by atoms with Gasteiger partial charge in [-0.1, -0.05) is 88.8 Å².